The molecule has 0 aromatic rings. The summed E-state index contributed by atoms with van der Waals surface area (Å²) < 4.78 is 5.82. The van der Waals surface area contributed by atoms with Crippen molar-refractivity contribution >= 4 is 0 Å². The van der Waals surface area contributed by atoms with Gasteiger partial charge in [-0.25, -0.2) is 0 Å². The Balaban J connectivity index is 2.16. The first-order valence-corrected chi connectivity index (χ1v) is 4.50. The molecule has 2 rings (SSSR count). The molecular formula is C10H14O. The van der Waals surface area contributed by atoms with Crippen molar-refractivity contribution in [2.24, 2.45) is 0 Å². The maximum atomic E-state index is 5.82. The van der Waals surface area contributed by atoms with Gasteiger partial charge in [-0.3, -0.25) is 0 Å². The van der Waals surface area contributed by atoms with E-state index in [0.29, 0.717) is 6.10 Å². The highest BCUT2D eigenvalue weighted by molar-refractivity contribution is 5.12. The van der Waals surface area contributed by atoms with Crippen LogP contribution in [0.5, 0.6) is 0 Å². The molecule has 2 atom stereocenters. The second-order valence-electron chi connectivity index (χ2n) is 3.66. The molecular weight excluding hydrogens is 136 g/mol. The van der Waals surface area contributed by atoms with Crippen molar-refractivity contribution in [1.29, 1.82) is 0 Å². The largest absolute Gasteiger partial charge is 0.359 e. The topological polar surface area (TPSA) is 9.23 Å². The van der Waals surface area contributed by atoms with Gasteiger partial charge in [-0.05, 0) is 32.1 Å². The average molecular weight is 150 g/mol. The average Bonchev–Trinajstić information content (AvgIpc) is 2.28. The van der Waals surface area contributed by atoms with Crippen molar-refractivity contribution in [3.8, 4) is 12.3 Å². The first kappa shape index (κ1) is 7.18. The number of fused-ring (bicyclic) bond motifs is 2. The van der Waals surface area contributed by atoms with Gasteiger partial charge in [0.25, 0.3) is 0 Å². The summed E-state index contributed by atoms with van der Waals surface area (Å²) in [4.78, 5) is 0. The summed E-state index contributed by atoms with van der Waals surface area (Å²) in [5.74, 6) is 2.83. The molecule has 60 valence electrons. The molecule has 0 aromatic carbocycles. The highest BCUT2D eigenvalue weighted by Gasteiger charge is 2.39. The predicted octanol–water partition coefficient (Wildman–Crippen LogP) is 2.11. The zero-order valence-corrected chi connectivity index (χ0v) is 6.81. The van der Waals surface area contributed by atoms with E-state index in [9.17, 15) is 0 Å². The first-order chi connectivity index (χ1) is 5.35. The second kappa shape index (κ2) is 2.53. The van der Waals surface area contributed by atoms with E-state index >= 15 is 0 Å². The minimum atomic E-state index is -0.152. The van der Waals surface area contributed by atoms with Gasteiger partial charge in [-0.1, -0.05) is 12.3 Å². The molecule has 2 heterocycles. The lowest BCUT2D eigenvalue weighted by atomic mass is 9.91. The number of rotatable bonds is 0. The molecule has 0 spiro atoms. The Hall–Kier alpha value is -0.480. The lowest BCUT2D eigenvalue weighted by Crippen LogP contribution is -2.25. The third kappa shape index (κ3) is 1.16. The van der Waals surface area contributed by atoms with Gasteiger partial charge in [-0.2, -0.15) is 0 Å². The van der Waals surface area contributed by atoms with Gasteiger partial charge >= 0.3 is 0 Å². The molecule has 1 heteroatoms. The van der Waals surface area contributed by atoms with E-state index in [1.165, 1.54) is 25.7 Å². The smallest absolute Gasteiger partial charge is 0.128 e. The summed E-state index contributed by atoms with van der Waals surface area (Å²) in [5, 5.41) is 0. The molecule has 2 aliphatic rings. The molecule has 11 heavy (non-hydrogen) atoms. The summed E-state index contributed by atoms with van der Waals surface area (Å²) >= 11 is 0. The standard InChI is InChI=1S/C10H14O/c1-2-10-7-4-3-5-9(11-10)6-8-10/h1,9H,3-8H2. The van der Waals surface area contributed by atoms with Gasteiger partial charge < -0.3 is 4.74 Å². The summed E-state index contributed by atoms with van der Waals surface area (Å²) in [7, 11) is 0. The summed E-state index contributed by atoms with van der Waals surface area (Å²) in [6, 6.07) is 0. The van der Waals surface area contributed by atoms with Crippen molar-refractivity contribution in [3.63, 3.8) is 0 Å². The van der Waals surface area contributed by atoms with Crippen LogP contribution in [0.3, 0.4) is 0 Å². The molecule has 2 fully saturated rings. The molecule has 2 unspecified atom stereocenters. The van der Waals surface area contributed by atoms with Gasteiger partial charge in [0.05, 0.1) is 6.10 Å². The van der Waals surface area contributed by atoms with Crippen LogP contribution in [0.15, 0.2) is 0 Å². The van der Waals surface area contributed by atoms with Crippen molar-refractivity contribution in [2.75, 3.05) is 0 Å². The van der Waals surface area contributed by atoms with Gasteiger partial charge in [-0.15, -0.1) is 6.42 Å². The predicted molar refractivity (Wildman–Crippen MR) is 44.1 cm³/mol. The molecule has 0 N–H and O–H groups in total. The lowest BCUT2D eigenvalue weighted by molar-refractivity contribution is 0.00348. The quantitative estimate of drug-likeness (QED) is 0.480. The van der Waals surface area contributed by atoms with Crippen LogP contribution in [-0.4, -0.2) is 11.7 Å². The molecule has 0 radical (unpaired) electrons. The monoisotopic (exact) mass is 150 g/mol. The molecule has 0 amide bonds. The van der Waals surface area contributed by atoms with Crippen LogP contribution in [0, 0.1) is 12.3 Å². The second-order valence-corrected chi connectivity index (χ2v) is 3.66. The summed E-state index contributed by atoms with van der Waals surface area (Å²) in [6.45, 7) is 0. The van der Waals surface area contributed by atoms with Crippen molar-refractivity contribution in [2.45, 2.75) is 50.2 Å². The normalized spacial score (nSPS) is 43.0. The number of terminal acetylenes is 1. The number of hydrogen-bond acceptors (Lipinski definition) is 1. The van der Waals surface area contributed by atoms with Gasteiger partial charge in [0.15, 0.2) is 0 Å². The van der Waals surface area contributed by atoms with Gasteiger partial charge in [0, 0.05) is 0 Å². The maximum Gasteiger partial charge on any atom is 0.128 e. The van der Waals surface area contributed by atoms with Crippen LogP contribution in [-0.2, 0) is 4.74 Å². The van der Waals surface area contributed by atoms with E-state index in [-0.39, 0.29) is 5.60 Å². The fourth-order valence-electron chi connectivity index (χ4n) is 2.18. The van der Waals surface area contributed by atoms with Crippen molar-refractivity contribution < 1.29 is 4.74 Å². The highest BCUT2D eigenvalue weighted by atomic mass is 16.5. The van der Waals surface area contributed by atoms with E-state index in [1.807, 2.05) is 0 Å². The van der Waals surface area contributed by atoms with E-state index in [4.69, 9.17) is 11.2 Å². The molecule has 0 saturated carbocycles. The fourth-order valence-corrected chi connectivity index (χ4v) is 2.18. The lowest BCUT2D eigenvalue weighted by Gasteiger charge is -2.20. The van der Waals surface area contributed by atoms with Crippen LogP contribution in [0.1, 0.15) is 38.5 Å². The Morgan fingerprint density at radius 1 is 1.27 bits per heavy atom. The Labute approximate surface area is 68.1 Å². The number of ether oxygens (including phenoxy) is 1. The fraction of sp³-hybridized carbons (Fsp3) is 0.800. The molecule has 1 nitrogen and oxygen atoms in total. The molecule has 2 bridgehead atoms. The van der Waals surface area contributed by atoms with Gasteiger partial charge in [0.2, 0.25) is 0 Å². The van der Waals surface area contributed by atoms with Crippen LogP contribution in [0.4, 0.5) is 0 Å². The minimum Gasteiger partial charge on any atom is -0.359 e. The minimum absolute atomic E-state index is 0.152. The molecule has 0 aromatic heterocycles. The Kier molecular flexibility index (Phi) is 1.65. The Bertz CT molecular complexity index is 192. The third-order valence-corrected chi connectivity index (χ3v) is 2.88. The Morgan fingerprint density at radius 2 is 2.18 bits per heavy atom. The molecule has 2 aliphatic heterocycles. The van der Waals surface area contributed by atoms with Crippen LogP contribution in [0.25, 0.3) is 0 Å². The van der Waals surface area contributed by atoms with Crippen LogP contribution >= 0.6 is 0 Å². The molecule has 0 aliphatic carbocycles. The maximum absolute atomic E-state index is 5.82. The van der Waals surface area contributed by atoms with Crippen molar-refractivity contribution in [1.82, 2.24) is 0 Å². The van der Waals surface area contributed by atoms with E-state index in [2.05, 4.69) is 5.92 Å². The van der Waals surface area contributed by atoms with Crippen molar-refractivity contribution in [3.05, 3.63) is 0 Å². The highest BCUT2D eigenvalue weighted by Crippen LogP contribution is 2.39. The Morgan fingerprint density at radius 3 is 3.00 bits per heavy atom. The summed E-state index contributed by atoms with van der Waals surface area (Å²) in [6.07, 6.45) is 13.1. The first-order valence-electron chi connectivity index (χ1n) is 4.50. The molecule has 2 saturated heterocycles. The SMILES string of the molecule is C#CC12CCCCC(CC1)O2. The van der Waals surface area contributed by atoms with Crippen LogP contribution in [0.2, 0.25) is 0 Å². The number of hydrogen-bond donors (Lipinski definition) is 0. The van der Waals surface area contributed by atoms with E-state index in [1.54, 1.807) is 0 Å². The van der Waals surface area contributed by atoms with E-state index in [0.717, 1.165) is 12.8 Å². The van der Waals surface area contributed by atoms with Crippen LogP contribution < -0.4 is 0 Å². The van der Waals surface area contributed by atoms with E-state index < -0.39 is 0 Å². The third-order valence-electron chi connectivity index (χ3n) is 2.88. The van der Waals surface area contributed by atoms with Gasteiger partial charge in [0.1, 0.15) is 5.60 Å². The summed E-state index contributed by atoms with van der Waals surface area (Å²) in [5.41, 5.74) is -0.152. The zero-order chi connectivity index (χ0) is 7.73. The zero-order valence-electron chi connectivity index (χ0n) is 6.81.